The summed E-state index contributed by atoms with van der Waals surface area (Å²) in [5.41, 5.74) is 3.99. The van der Waals surface area contributed by atoms with Crippen LogP contribution in [0.25, 0.3) is 0 Å². The molecule has 2 aromatic rings. The summed E-state index contributed by atoms with van der Waals surface area (Å²) in [7, 11) is 1.63. The molecule has 2 unspecified atom stereocenters. The van der Waals surface area contributed by atoms with Crippen molar-refractivity contribution in [3.05, 3.63) is 57.3 Å². The van der Waals surface area contributed by atoms with E-state index in [4.69, 9.17) is 9.47 Å². The molecule has 1 aliphatic rings. The quantitative estimate of drug-likeness (QED) is 0.576. The normalized spacial score (nSPS) is 16.3. The number of amides is 1. The number of rotatable bonds is 10. The Bertz CT molecular complexity index is 803. The second kappa shape index (κ2) is 11.0. The molecule has 6 heteroatoms. The average Bonchev–Trinajstić information content (AvgIpc) is 3.22. The van der Waals surface area contributed by atoms with Crippen LogP contribution in [0.2, 0.25) is 0 Å². The van der Waals surface area contributed by atoms with Crippen LogP contribution in [0.5, 0.6) is 0 Å². The molecule has 1 N–H and O–H groups in total. The van der Waals surface area contributed by atoms with Crippen molar-refractivity contribution in [3.8, 4) is 0 Å². The minimum atomic E-state index is -0.492. The predicted octanol–water partition coefficient (Wildman–Crippen LogP) is 4.14. The van der Waals surface area contributed by atoms with Crippen molar-refractivity contribution in [2.45, 2.75) is 51.8 Å². The molecule has 0 fully saturated rings. The minimum Gasteiger partial charge on any atom is -0.382 e. The van der Waals surface area contributed by atoms with Gasteiger partial charge in [0.1, 0.15) is 6.10 Å². The Kier molecular flexibility index (Phi) is 8.45. The number of hydrogen-bond donors (Lipinski definition) is 1. The lowest BCUT2D eigenvalue weighted by atomic mass is 9.97. The van der Waals surface area contributed by atoms with Gasteiger partial charge in [-0.05, 0) is 47.4 Å². The average molecular weight is 431 g/mol. The van der Waals surface area contributed by atoms with Crippen LogP contribution < -0.4 is 5.32 Å². The van der Waals surface area contributed by atoms with Gasteiger partial charge < -0.3 is 14.8 Å². The van der Waals surface area contributed by atoms with Crippen LogP contribution in [0.15, 0.2) is 35.7 Å². The monoisotopic (exact) mass is 430 g/mol. The van der Waals surface area contributed by atoms with E-state index in [1.54, 1.807) is 14.0 Å². The van der Waals surface area contributed by atoms with Gasteiger partial charge in [0.15, 0.2) is 0 Å². The SMILES string of the molecule is COCCOC(C)C(=O)NCC(c1ccc(C(C)C)cc1)N1CCc2sccc2C1. The molecule has 1 aromatic carbocycles. The third-order valence-electron chi connectivity index (χ3n) is 5.76. The lowest BCUT2D eigenvalue weighted by molar-refractivity contribution is -0.132. The third kappa shape index (κ3) is 5.91. The molecular formula is C24H34N2O3S. The molecule has 0 saturated carbocycles. The largest absolute Gasteiger partial charge is 0.382 e. The molecule has 0 spiro atoms. The van der Waals surface area contributed by atoms with E-state index in [2.05, 4.69) is 59.8 Å². The van der Waals surface area contributed by atoms with Gasteiger partial charge in [0, 0.05) is 31.6 Å². The van der Waals surface area contributed by atoms with E-state index in [0.717, 1.165) is 19.5 Å². The van der Waals surface area contributed by atoms with Gasteiger partial charge in [-0.2, -0.15) is 0 Å². The maximum atomic E-state index is 12.6. The molecule has 5 nitrogen and oxygen atoms in total. The first kappa shape index (κ1) is 22.9. The summed E-state index contributed by atoms with van der Waals surface area (Å²) in [6, 6.07) is 11.2. The number of fused-ring (bicyclic) bond motifs is 1. The van der Waals surface area contributed by atoms with Gasteiger partial charge in [-0.3, -0.25) is 9.69 Å². The fraction of sp³-hybridized carbons (Fsp3) is 0.542. The number of hydrogen-bond acceptors (Lipinski definition) is 5. The van der Waals surface area contributed by atoms with Crippen molar-refractivity contribution in [3.63, 3.8) is 0 Å². The van der Waals surface area contributed by atoms with Crippen LogP contribution in [-0.2, 0) is 27.2 Å². The highest BCUT2D eigenvalue weighted by Crippen LogP contribution is 2.31. The van der Waals surface area contributed by atoms with Gasteiger partial charge in [-0.25, -0.2) is 0 Å². The van der Waals surface area contributed by atoms with E-state index < -0.39 is 6.10 Å². The molecular weight excluding hydrogens is 396 g/mol. The smallest absolute Gasteiger partial charge is 0.248 e. The third-order valence-corrected chi connectivity index (χ3v) is 6.78. The second-order valence-corrected chi connectivity index (χ2v) is 9.18. The summed E-state index contributed by atoms with van der Waals surface area (Å²) < 4.78 is 10.5. The summed E-state index contributed by atoms with van der Waals surface area (Å²) in [5, 5.41) is 5.30. The van der Waals surface area contributed by atoms with Gasteiger partial charge in [-0.1, -0.05) is 38.1 Å². The number of thiophene rings is 1. The molecule has 1 aliphatic heterocycles. The van der Waals surface area contributed by atoms with Gasteiger partial charge in [0.05, 0.1) is 19.3 Å². The Morgan fingerprint density at radius 2 is 1.87 bits per heavy atom. The van der Waals surface area contributed by atoms with E-state index in [1.165, 1.54) is 21.6 Å². The molecule has 2 heterocycles. The van der Waals surface area contributed by atoms with E-state index in [0.29, 0.717) is 25.7 Å². The lowest BCUT2D eigenvalue weighted by Crippen LogP contribution is -2.43. The predicted molar refractivity (Wildman–Crippen MR) is 122 cm³/mol. The fourth-order valence-corrected chi connectivity index (χ4v) is 4.71. The molecule has 3 rings (SSSR count). The standard InChI is InChI=1S/C24H34N2O3S/c1-17(2)19-5-7-20(8-6-19)22(15-25-24(27)18(3)29-13-12-28-4)26-11-9-23-21(16-26)10-14-30-23/h5-8,10,14,17-18,22H,9,11-13,15-16H2,1-4H3,(H,25,27). The number of carbonyl (C=O) groups excluding carboxylic acids is 1. The van der Waals surface area contributed by atoms with Gasteiger partial charge in [0.25, 0.3) is 0 Å². The maximum Gasteiger partial charge on any atom is 0.248 e. The number of nitrogens with one attached hydrogen (secondary N) is 1. The topological polar surface area (TPSA) is 50.8 Å². The van der Waals surface area contributed by atoms with Crippen LogP contribution in [0.4, 0.5) is 0 Å². The molecule has 30 heavy (non-hydrogen) atoms. The highest BCUT2D eigenvalue weighted by atomic mass is 32.1. The Morgan fingerprint density at radius 3 is 2.57 bits per heavy atom. The maximum absolute atomic E-state index is 12.6. The highest BCUT2D eigenvalue weighted by Gasteiger charge is 2.26. The van der Waals surface area contributed by atoms with E-state index in [1.807, 2.05) is 11.3 Å². The molecule has 0 bridgehead atoms. The van der Waals surface area contributed by atoms with Crippen LogP contribution >= 0.6 is 11.3 Å². The van der Waals surface area contributed by atoms with Crippen molar-refractivity contribution >= 4 is 17.2 Å². The summed E-state index contributed by atoms with van der Waals surface area (Å²) in [6.07, 6.45) is 0.576. The molecule has 1 aromatic heterocycles. The molecule has 0 saturated heterocycles. The highest BCUT2D eigenvalue weighted by molar-refractivity contribution is 7.10. The summed E-state index contributed by atoms with van der Waals surface area (Å²) in [5.74, 6) is 0.425. The second-order valence-electron chi connectivity index (χ2n) is 8.18. The first-order valence-electron chi connectivity index (χ1n) is 10.8. The zero-order valence-corrected chi connectivity index (χ0v) is 19.3. The Morgan fingerprint density at radius 1 is 1.13 bits per heavy atom. The van der Waals surface area contributed by atoms with Crippen LogP contribution in [0.1, 0.15) is 54.3 Å². The minimum absolute atomic E-state index is 0.0804. The van der Waals surface area contributed by atoms with Gasteiger partial charge in [0.2, 0.25) is 5.91 Å². The first-order valence-corrected chi connectivity index (χ1v) is 11.6. The number of ether oxygens (including phenoxy) is 2. The van der Waals surface area contributed by atoms with Crippen molar-refractivity contribution in [2.24, 2.45) is 0 Å². The Balaban J connectivity index is 1.70. The number of carbonyl (C=O) groups is 1. The molecule has 1 amide bonds. The number of methoxy groups -OCH3 is 1. The van der Waals surface area contributed by atoms with Gasteiger partial charge in [-0.15, -0.1) is 11.3 Å². The lowest BCUT2D eigenvalue weighted by Gasteiger charge is -2.35. The van der Waals surface area contributed by atoms with Crippen molar-refractivity contribution < 1.29 is 14.3 Å². The van der Waals surface area contributed by atoms with Crippen molar-refractivity contribution in [1.29, 1.82) is 0 Å². The number of benzene rings is 1. The van der Waals surface area contributed by atoms with Crippen LogP contribution in [-0.4, -0.2) is 50.3 Å². The van der Waals surface area contributed by atoms with E-state index in [9.17, 15) is 4.79 Å². The van der Waals surface area contributed by atoms with E-state index in [-0.39, 0.29) is 11.9 Å². The van der Waals surface area contributed by atoms with Crippen molar-refractivity contribution in [1.82, 2.24) is 10.2 Å². The molecule has 2 atom stereocenters. The molecule has 0 radical (unpaired) electrons. The summed E-state index contributed by atoms with van der Waals surface area (Å²) in [4.78, 5) is 16.5. The zero-order chi connectivity index (χ0) is 21.5. The van der Waals surface area contributed by atoms with Crippen LogP contribution in [0, 0.1) is 0 Å². The zero-order valence-electron chi connectivity index (χ0n) is 18.5. The van der Waals surface area contributed by atoms with Gasteiger partial charge >= 0.3 is 0 Å². The Hall–Kier alpha value is -1.73. The molecule has 0 aliphatic carbocycles. The Labute approximate surface area is 184 Å². The molecule has 164 valence electrons. The first-order chi connectivity index (χ1) is 14.5. The van der Waals surface area contributed by atoms with Crippen molar-refractivity contribution in [2.75, 3.05) is 33.4 Å². The fourth-order valence-electron chi connectivity index (χ4n) is 3.82. The summed E-state index contributed by atoms with van der Waals surface area (Å²) >= 11 is 1.85. The van der Waals surface area contributed by atoms with E-state index >= 15 is 0 Å². The number of nitrogens with zero attached hydrogens (tertiary/aromatic N) is 1. The van der Waals surface area contributed by atoms with Crippen LogP contribution in [0.3, 0.4) is 0 Å². The summed E-state index contributed by atoms with van der Waals surface area (Å²) in [6.45, 7) is 9.59.